The molecule has 4 heteroatoms. The van der Waals surface area contributed by atoms with Crippen molar-refractivity contribution < 1.29 is 5.11 Å². The van der Waals surface area contributed by atoms with Crippen LogP contribution in [0.3, 0.4) is 0 Å². The first kappa shape index (κ1) is 13.8. The second-order valence-corrected chi connectivity index (χ2v) is 4.63. The van der Waals surface area contributed by atoms with Crippen LogP contribution < -0.4 is 0 Å². The van der Waals surface area contributed by atoms with E-state index in [9.17, 15) is 0 Å². The van der Waals surface area contributed by atoms with Crippen molar-refractivity contribution in [3.63, 3.8) is 0 Å². The van der Waals surface area contributed by atoms with Crippen molar-refractivity contribution in [2.45, 2.75) is 19.9 Å². The van der Waals surface area contributed by atoms with Gasteiger partial charge in [0.2, 0.25) is 0 Å². The third-order valence-corrected chi connectivity index (χ3v) is 3.02. The molecular formula is C15H21N3O. The Labute approximate surface area is 114 Å². The number of nitrogens with zero attached hydrogens (tertiary/aromatic N) is 3. The predicted octanol–water partition coefficient (Wildman–Crippen LogP) is 2.08. The molecule has 0 saturated carbocycles. The topological polar surface area (TPSA) is 41.3 Å². The van der Waals surface area contributed by atoms with E-state index in [1.54, 1.807) is 0 Å². The molecule has 1 aromatic heterocycles. The van der Waals surface area contributed by atoms with Gasteiger partial charge in [0.15, 0.2) is 0 Å². The smallest absolute Gasteiger partial charge is 0.0645 e. The summed E-state index contributed by atoms with van der Waals surface area (Å²) in [6.07, 6.45) is 5.04. The van der Waals surface area contributed by atoms with E-state index in [0.717, 1.165) is 25.2 Å². The highest BCUT2D eigenvalue weighted by atomic mass is 16.3. The van der Waals surface area contributed by atoms with Crippen LogP contribution in [0.1, 0.15) is 18.9 Å². The number of hydrogen-bond acceptors (Lipinski definition) is 3. The zero-order valence-corrected chi connectivity index (χ0v) is 11.4. The molecule has 1 heterocycles. The Kier molecular flexibility index (Phi) is 5.12. The molecule has 0 unspecified atom stereocenters. The fraction of sp³-hybridized carbons (Fsp3) is 0.400. The minimum absolute atomic E-state index is 0.201. The lowest BCUT2D eigenvalue weighted by Gasteiger charge is -2.19. The molecule has 1 N–H and O–H groups in total. The lowest BCUT2D eigenvalue weighted by molar-refractivity contribution is 0.190. The van der Waals surface area contributed by atoms with Crippen LogP contribution in [0.5, 0.6) is 0 Å². The van der Waals surface area contributed by atoms with Gasteiger partial charge in [0.05, 0.1) is 18.5 Å². The van der Waals surface area contributed by atoms with Gasteiger partial charge in [-0.3, -0.25) is 4.90 Å². The largest absolute Gasteiger partial charge is 0.395 e. The van der Waals surface area contributed by atoms with Gasteiger partial charge < -0.3 is 5.11 Å². The van der Waals surface area contributed by atoms with Crippen LogP contribution in [0.4, 0.5) is 0 Å². The van der Waals surface area contributed by atoms with Crippen LogP contribution in [0.15, 0.2) is 42.7 Å². The van der Waals surface area contributed by atoms with Gasteiger partial charge in [-0.2, -0.15) is 5.10 Å². The van der Waals surface area contributed by atoms with Gasteiger partial charge >= 0.3 is 0 Å². The Morgan fingerprint density at radius 2 is 2.00 bits per heavy atom. The molecule has 0 bridgehead atoms. The van der Waals surface area contributed by atoms with E-state index < -0.39 is 0 Å². The molecule has 19 heavy (non-hydrogen) atoms. The quantitative estimate of drug-likeness (QED) is 0.827. The highest BCUT2D eigenvalue weighted by molar-refractivity contribution is 5.30. The normalized spacial score (nSPS) is 11.1. The SMILES string of the molecule is CCCN(CCO)Cc1cnn(-c2ccccc2)c1. The lowest BCUT2D eigenvalue weighted by atomic mass is 10.3. The van der Waals surface area contributed by atoms with Crippen molar-refractivity contribution in [2.75, 3.05) is 19.7 Å². The van der Waals surface area contributed by atoms with E-state index in [0.29, 0.717) is 6.54 Å². The summed E-state index contributed by atoms with van der Waals surface area (Å²) >= 11 is 0. The number of aromatic nitrogens is 2. The summed E-state index contributed by atoms with van der Waals surface area (Å²) in [6, 6.07) is 10.1. The zero-order chi connectivity index (χ0) is 13.5. The van der Waals surface area contributed by atoms with Crippen molar-refractivity contribution in [3.8, 4) is 5.69 Å². The summed E-state index contributed by atoms with van der Waals surface area (Å²) in [6.45, 7) is 4.90. The Bertz CT molecular complexity index is 475. The fourth-order valence-corrected chi connectivity index (χ4v) is 2.15. The standard InChI is InChI=1S/C15H21N3O/c1-2-8-17(9-10-19)12-14-11-16-18(13-14)15-6-4-3-5-7-15/h3-7,11,13,19H,2,8-10,12H2,1H3. The van der Waals surface area contributed by atoms with Crippen LogP contribution in [0, 0.1) is 0 Å². The Hall–Kier alpha value is -1.65. The third kappa shape index (κ3) is 3.91. The molecule has 0 atom stereocenters. The Morgan fingerprint density at radius 1 is 1.21 bits per heavy atom. The van der Waals surface area contributed by atoms with Crippen molar-refractivity contribution >= 4 is 0 Å². The molecule has 0 spiro atoms. The summed E-state index contributed by atoms with van der Waals surface area (Å²) in [7, 11) is 0. The first-order valence-corrected chi connectivity index (χ1v) is 6.75. The lowest BCUT2D eigenvalue weighted by Crippen LogP contribution is -2.27. The molecule has 0 fully saturated rings. The summed E-state index contributed by atoms with van der Waals surface area (Å²) in [4.78, 5) is 2.24. The van der Waals surface area contributed by atoms with Crippen LogP contribution in [-0.2, 0) is 6.54 Å². The molecule has 0 aliphatic rings. The van der Waals surface area contributed by atoms with Gasteiger partial charge in [-0.25, -0.2) is 4.68 Å². The van der Waals surface area contributed by atoms with Crippen molar-refractivity contribution in [1.29, 1.82) is 0 Å². The molecule has 102 valence electrons. The monoisotopic (exact) mass is 259 g/mol. The van der Waals surface area contributed by atoms with E-state index in [1.807, 2.05) is 41.2 Å². The van der Waals surface area contributed by atoms with Crippen LogP contribution in [0.25, 0.3) is 5.69 Å². The second-order valence-electron chi connectivity index (χ2n) is 4.63. The van der Waals surface area contributed by atoms with Gasteiger partial charge in [0, 0.05) is 24.8 Å². The van der Waals surface area contributed by atoms with Gasteiger partial charge in [0.25, 0.3) is 0 Å². The molecule has 0 radical (unpaired) electrons. The molecule has 2 rings (SSSR count). The highest BCUT2D eigenvalue weighted by Crippen LogP contribution is 2.09. The van der Waals surface area contributed by atoms with E-state index in [1.165, 1.54) is 5.56 Å². The molecule has 4 nitrogen and oxygen atoms in total. The maximum absolute atomic E-state index is 9.06. The minimum Gasteiger partial charge on any atom is -0.395 e. The van der Waals surface area contributed by atoms with Gasteiger partial charge in [-0.05, 0) is 25.1 Å². The first-order valence-electron chi connectivity index (χ1n) is 6.75. The van der Waals surface area contributed by atoms with Gasteiger partial charge in [-0.15, -0.1) is 0 Å². The summed E-state index contributed by atoms with van der Waals surface area (Å²) in [5, 5.41) is 13.4. The predicted molar refractivity (Wildman–Crippen MR) is 76.2 cm³/mol. The molecule has 0 aliphatic heterocycles. The number of benzene rings is 1. The summed E-state index contributed by atoms with van der Waals surface area (Å²) in [5.74, 6) is 0. The third-order valence-electron chi connectivity index (χ3n) is 3.02. The maximum Gasteiger partial charge on any atom is 0.0645 e. The van der Waals surface area contributed by atoms with Crippen molar-refractivity contribution in [3.05, 3.63) is 48.3 Å². The van der Waals surface area contributed by atoms with Crippen LogP contribution in [0.2, 0.25) is 0 Å². The molecule has 1 aromatic carbocycles. The van der Waals surface area contributed by atoms with E-state index in [2.05, 4.69) is 23.1 Å². The van der Waals surface area contributed by atoms with Gasteiger partial charge in [-0.1, -0.05) is 25.1 Å². The number of hydrogen-bond donors (Lipinski definition) is 1. The molecule has 0 amide bonds. The second kappa shape index (κ2) is 7.07. The average molecular weight is 259 g/mol. The Balaban J connectivity index is 2.04. The summed E-state index contributed by atoms with van der Waals surface area (Å²) < 4.78 is 1.89. The molecule has 0 saturated heterocycles. The summed E-state index contributed by atoms with van der Waals surface area (Å²) in [5.41, 5.74) is 2.24. The fourth-order valence-electron chi connectivity index (χ4n) is 2.15. The van der Waals surface area contributed by atoms with E-state index in [-0.39, 0.29) is 6.61 Å². The van der Waals surface area contributed by atoms with Crippen LogP contribution >= 0.6 is 0 Å². The zero-order valence-electron chi connectivity index (χ0n) is 11.4. The highest BCUT2D eigenvalue weighted by Gasteiger charge is 2.06. The minimum atomic E-state index is 0.201. The molecular weight excluding hydrogens is 238 g/mol. The first-order chi connectivity index (χ1) is 9.33. The Morgan fingerprint density at radius 3 is 2.68 bits per heavy atom. The van der Waals surface area contributed by atoms with Crippen molar-refractivity contribution in [2.24, 2.45) is 0 Å². The average Bonchev–Trinajstić information content (AvgIpc) is 2.89. The van der Waals surface area contributed by atoms with E-state index >= 15 is 0 Å². The van der Waals surface area contributed by atoms with Crippen LogP contribution in [-0.4, -0.2) is 39.5 Å². The molecule has 2 aromatic rings. The number of aliphatic hydroxyl groups is 1. The number of rotatable bonds is 7. The van der Waals surface area contributed by atoms with Gasteiger partial charge in [0.1, 0.15) is 0 Å². The number of aliphatic hydroxyl groups excluding tert-OH is 1. The number of para-hydroxylation sites is 1. The molecule has 0 aliphatic carbocycles. The van der Waals surface area contributed by atoms with E-state index in [4.69, 9.17) is 5.11 Å². The van der Waals surface area contributed by atoms with Crippen molar-refractivity contribution in [1.82, 2.24) is 14.7 Å². The maximum atomic E-state index is 9.06.